The lowest BCUT2D eigenvalue weighted by molar-refractivity contribution is -0.146. The minimum atomic E-state index is -1.12. The van der Waals surface area contributed by atoms with E-state index in [0.29, 0.717) is 16.5 Å². The lowest BCUT2D eigenvalue weighted by Crippen LogP contribution is -2.48. The summed E-state index contributed by atoms with van der Waals surface area (Å²) in [6, 6.07) is 18.9. The highest BCUT2D eigenvalue weighted by atomic mass is 35.5. The molecule has 1 N–H and O–H groups in total. The molecular weight excluding hydrogens is 526 g/mol. The van der Waals surface area contributed by atoms with Crippen molar-refractivity contribution in [3.8, 4) is 11.5 Å². The van der Waals surface area contributed by atoms with Gasteiger partial charge < -0.3 is 24.2 Å². The van der Waals surface area contributed by atoms with E-state index in [1.807, 2.05) is 86.3 Å². The molecule has 210 valence electrons. The Morgan fingerprint density at radius 3 is 2.30 bits per heavy atom. The van der Waals surface area contributed by atoms with Crippen LogP contribution in [0.1, 0.15) is 74.8 Å². The summed E-state index contributed by atoms with van der Waals surface area (Å²) in [5.41, 5.74) is 2.70. The first-order chi connectivity index (χ1) is 19.1. The first-order valence-corrected chi connectivity index (χ1v) is 14.5. The third-order valence-electron chi connectivity index (χ3n) is 8.86. The average Bonchev–Trinajstić information content (AvgIpc) is 3.56. The number of halogens is 1. The normalized spacial score (nSPS) is 25.2. The number of ether oxygens (including phenoxy) is 3. The van der Waals surface area contributed by atoms with Crippen LogP contribution in [0.25, 0.3) is 0 Å². The van der Waals surface area contributed by atoms with E-state index in [0.717, 1.165) is 53.6 Å². The molecule has 6 rings (SSSR count). The van der Waals surface area contributed by atoms with Gasteiger partial charge in [0.15, 0.2) is 11.5 Å². The van der Waals surface area contributed by atoms with Gasteiger partial charge in [-0.05, 0) is 105 Å². The van der Waals surface area contributed by atoms with Gasteiger partial charge in [0.25, 0.3) is 0 Å². The SMILES string of the molecule is COc1cc2c(cc1OC(C)C)[C@H](c1ccc(Cl)cc1)N(c1ccc(C(C)(O)C34CCC(CC3)O4)cc1)C(=O)C2. The van der Waals surface area contributed by atoms with Crippen molar-refractivity contribution in [3.63, 3.8) is 0 Å². The van der Waals surface area contributed by atoms with Crippen molar-refractivity contribution in [2.45, 2.75) is 82.3 Å². The Bertz CT molecular complexity index is 1410. The number of amides is 1. The minimum Gasteiger partial charge on any atom is -0.493 e. The first-order valence-electron chi connectivity index (χ1n) is 14.1. The van der Waals surface area contributed by atoms with Gasteiger partial charge in [0.05, 0.1) is 31.8 Å². The van der Waals surface area contributed by atoms with Gasteiger partial charge in [-0.3, -0.25) is 4.79 Å². The summed E-state index contributed by atoms with van der Waals surface area (Å²) in [6.45, 7) is 5.81. The predicted octanol–water partition coefficient (Wildman–Crippen LogP) is 6.73. The Balaban J connectivity index is 1.42. The highest BCUT2D eigenvalue weighted by molar-refractivity contribution is 6.30. The molecule has 0 spiro atoms. The van der Waals surface area contributed by atoms with E-state index < -0.39 is 17.2 Å². The molecule has 2 bridgehead atoms. The summed E-state index contributed by atoms with van der Waals surface area (Å²) in [4.78, 5) is 15.7. The van der Waals surface area contributed by atoms with Crippen LogP contribution in [0, 0.1) is 0 Å². The Labute approximate surface area is 240 Å². The summed E-state index contributed by atoms with van der Waals surface area (Å²) in [6.07, 6.45) is 4.14. The highest BCUT2D eigenvalue weighted by Gasteiger charge is 2.57. The summed E-state index contributed by atoms with van der Waals surface area (Å²) in [7, 11) is 1.61. The van der Waals surface area contributed by atoms with E-state index in [-0.39, 0.29) is 24.5 Å². The number of carbonyl (C=O) groups excluding carboxylic acids is 1. The molecule has 40 heavy (non-hydrogen) atoms. The number of methoxy groups -OCH3 is 1. The van der Waals surface area contributed by atoms with Crippen molar-refractivity contribution in [2.24, 2.45) is 0 Å². The molecule has 3 aliphatic heterocycles. The fourth-order valence-corrected chi connectivity index (χ4v) is 6.88. The number of nitrogens with zero attached hydrogens (tertiary/aromatic N) is 1. The Hall–Kier alpha value is -3.06. The van der Waals surface area contributed by atoms with Crippen LogP contribution in [0.4, 0.5) is 5.69 Å². The van der Waals surface area contributed by atoms with Crippen LogP contribution in [0.15, 0.2) is 60.7 Å². The molecule has 3 aromatic rings. The first kappa shape index (κ1) is 27.1. The quantitative estimate of drug-likeness (QED) is 0.346. The van der Waals surface area contributed by atoms with Crippen LogP contribution in [-0.2, 0) is 21.6 Å². The lowest BCUT2D eigenvalue weighted by Gasteiger charge is -2.41. The number of anilines is 1. The molecule has 7 heteroatoms. The van der Waals surface area contributed by atoms with Gasteiger partial charge in [0, 0.05) is 10.7 Å². The Kier molecular flexibility index (Phi) is 6.84. The lowest BCUT2D eigenvalue weighted by atomic mass is 9.73. The number of aliphatic hydroxyl groups is 1. The standard InChI is InChI=1S/C33H36ClNO5/c1-20(2)39-29-19-27-22(17-28(29)38-4)18-30(36)35(31(27)21-5-9-24(34)10-6-21)25-11-7-23(8-12-25)32(3,37)33-15-13-26(40-33)14-16-33/h5-12,17,19-20,26,31,37H,13-16,18H2,1-4H3/t26?,31-,32?,33?/m0/s1. The maximum absolute atomic E-state index is 13.8. The van der Waals surface area contributed by atoms with E-state index in [4.69, 9.17) is 25.8 Å². The van der Waals surface area contributed by atoms with E-state index >= 15 is 0 Å². The average molecular weight is 562 g/mol. The number of rotatable bonds is 7. The van der Waals surface area contributed by atoms with Crippen LogP contribution in [0.3, 0.4) is 0 Å². The number of carbonyl (C=O) groups is 1. The molecule has 0 aliphatic carbocycles. The summed E-state index contributed by atoms with van der Waals surface area (Å²) >= 11 is 6.24. The number of benzene rings is 3. The van der Waals surface area contributed by atoms with Gasteiger partial charge in [0.1, 0.15) is 11.2 Å². The number of hydrogen-bond donors (Lipinski definition) is 1. The van der Waals surface area contributed by atoms with E-state index in [2.05, 4.69) is 0 Å². The van der Waals surface area contributed by atoms with Gasteiger partial charge in [-0.25, -0.2) is 0 Å². The molecule has 0 aromatic heterocycles. The second-order valence-electron chi connectivity index (χ2n) is 11.7. The largest absolute Gasteiger partial charge is 0.493 e. The third kappa shape index (κ3) is 4.47. The van der Waals surface area contributed by atoms with Crippen LogP contribution in [0.5, 0.6) is 11.5 Å². The van der Waals surface area contributed by atoms with Crippen LogP contribution < -0.4 is 14.4 Å². The summed E-state index contributed by atoms with van der Waals surface area (Å²) < 4.78 is 18.0. The summed E-state index contributed by atoms with van der Waals surface area (Å²) in [5.74, 6) is 1.22. The van der Waals surface area contributed by atoms with Crippen molar-refractivity contribution in [3.05, 3.63) is 87.9 Å². The van der Waals surface area contributed by atoms with Crippen LogP contribution in [0.2, 0.25) is 5.02 Å². The van der Waals surface area contributed by atoms with Gasteiger partial charge in [-0.1, -0.05) is 35.9 Å². The van der Waals surface area contributed by atoms with Gasteiger partial charge in [-0.2, -0.15) is 0 Å². The molecule has 3 heterocycles. The van der Waals surface area contributed by atoms with Gasteiger partial charge in [0.2, 0.25) is 5.91 Å². The van der Waals surface area contributed by atoms with Crippen molar-refractivity contribution in [1.82, 2.24) is 0 Å². The van der Waals surface area contributed by atoms with Crippen molar-refractivity contribution in [1.29, 1.82) is 0 Å². The monoisotopic (exact) mass is 561 g/mol. The molecule has 6 nitrogen and oxygen atoms in total. The predicted molar refractivity (Wildman–Crippen MR) is 155 cm³/mol. The second kappa shape index (κ2) is 10.1. The van der Waals surface area contributed by atoms with Crippen LogP contribution >= 0.6 is 11.6 Å². The fraction of sp³-hybridized carbons (Fsp3) is 0.424. The topological polar surface area (TPSA) is 68.2 Å². The Morgan fingerprint density at radius 2 is 1.73 bits per heavy atom. The van der Waals surface area contributed by atoms with Gasteiger partial charge in [-0.15, -0.1) is 0 Å². The van der Waals surface area contributed by atoms with E-state index in [9.17, 15) is 9.90 Å². The molecule has 3 aromatic carbocycles. The molecule has 3 aliphatic rings. The van der Waals surface area contributed by atoms with Gasteiger partial charge >= 0.3 is 0 Å². The molecule has 1 amide bonds. The molecule has 2 saturated heterocycles. The van der Waals surface area contributed by atoms with Crippen LogP contribution in [-0.4, -0.2) is 35.9 Å². The zero-order valence-electron chi connectivity index (χ0n) is 23.4. The zero-order valence-corrected chi connectivity index (χ0v) is 24.2. The molecule has 1 unspecified atom stereocenters. The minimum absolute atomic E-state index is 0.0251. The maximum atomic E-state index is 13.8. The second-order valence-corrected chi connectivity index (χ2v) is 12.1. The molecular formula is C33H36ClNO5. The fourth-order valence-electron chi connectivity index (χ4n) is 6.75. The van der Waals surface area contributed by atoms with Crippen molar-refractivity contribution in [2.75, 3.05) is 12.0 Å². The van der Waals surface area contributed by atoms with Crippen molar-refractivity contribution >= 4 is 23.2 Å². The third-order valence-corrected chi connectivity index (χ3v) is 9.12. The smallest absolute Gasteiger partial charge is 0.232 e. The number of fused-ring (bicyclic) bond motifs is 3. The summed E-state index contributed by atoms with van der Waals surface area (Å²) in [5, 5.41) is 12.3. The molecule has 0 saturated carbocycles. The highest BCUT2D eigenvalue weighted by Crippen LogP contribution is 2.53. The van der Waals surface area contributed by atoms with E-state index in [1.54, 1.807) is 7.11 Å². The molecule has 2 fully saturated rings. The van der Waals surface area contributed by atoms with E-state index in [1.165, 1.54) is 0 Å². The maximum Gasteiger partial charge on any atom is 0.232 e. The molecule has 2 atom stereocenters. The zero-order chi connectivity index (χ0) is 28.2. The Morgan fingerprint density at radius 1 is 1.05 bits per heavy atom. The number of hydrogen-bond acceptors (Lipinski definition) is 5. The molecule has 0 radical (unpaired) electrons. The van der Waals surface area contributed by atoms with Crippen molar-refractivity contribution < 1.29 is 24.1 Å².